The van der Waals surface area contributed by atoms with Gasteiger partial charge < -0.3 is 16.4 Å². The standard InChI is InChI=1S/C8H10N4O/c9-4-6-8(13)12-5-2-1-3-10-7(5)11-6/h1-3,6H,4,9H2,(H,10,11)(H,12,13). The third kappa shape index (κ3) is 1.33. The van der Waals surface area contributed by atoms with Crippen molar-refractivity contribution in [3.63, 3.8) is 0 Å². The van der Waals surface area contributed by atoms with Gasteiger partial charge in [-0.15, -0.1) is 0 Å². The van der Waals surface area contributed by atoms with Gasteiger partial charge in [0.25, 0.3) is 0 Å². The van der Waals surface area contributed by atoms with Crippen LogP contribution in [0.3, 0.4) is 0 Å². The fourth-order valence-electron chi connectivity index (χ4n) is 1.24. The van der Waals surface area contributed by atoms with E-state index < -0.39 is 0 Å². The van der Waals surface area contributed by atoms with Crippen molar-refractivity contribution in [1.82, 2.24) is 4.98 Å². The molecule has 1 aliphatic heterocycles. The van der Waals surface area contributed by atoms with E-state index in [1.165, 1.54) is 0 Å². The number of hydrogen-bond acceptors (Lipinski definition) is 4. The van der Waals surface area contributed by atoms with Crippen LogP contribution in [0.5, 0.6) is 0 Å². The second kappa shape index (κ2) is 3.02. The number of aromatic nitrogens is 1. The number of anilines is 2. The molecule has 1 atom stereocenters. The van der Waals surface area contributed by atoms with E-state index in [-0.39, 0.29) is 18.5 Å². The molecule has 13 heavy (non-hydrogen) atoms. The first-order valence-corrected chi connectivity index (χ1v) is 4.04. The lowest BCUT2D eigenvalue weighted by molar-refractivity contribution is -0.116. The summed E-state index contributed by atoms with van der Waals surface area (Å²) in [6.45, 7) is 0.266. The van der Waals surface area contributed by atoms with E-state index >= 15 is 0 Å². The Morgan fingerprint density at radius 2 is 2.46 bits per heavy atom. The third-order valence-corrected chi connectivity index (χ3v) is 1.93. The van der Waals surface area contributed by atoms with Crippen molar-refractivity contribution in [1.29, 1.82) is 0 Å². The predicted molar refractivity (Wildman–Crippen MR) is 49.3 cm³/mol. The Morgan fingerprint density at radius 3 is 3.23 bits per heavy atom. The molecule has 0 spiro atoms. The van der Waals surface area contributed by atoms with Crippen LogP contribution < -0.4 is 16.4 Å². The zero-order valence-electron chi connectivity index (χ0n) is 6.95. The molecule has 0 aliphatic carbocycles. The number of carbonyl (C=O) groups excluding carboxylic acids is 1. The lowest BCUT2D eigenvalue weighted by atomic mass is 10.2. The SMILES string of the molecule is NCC1Nc2ncccc2NC1=O. The van der Waals surface area contributed by atoms with Crippen LogP contribution in [0.15, 0.2) is 18.3 Å². The largest absolute Gasteiger partial charge is 0.356 e. The van der Waals surface area contributed by atoms with Crippen molar-refractivity contribution in [2.45, 2.75) is 6.04 Å². The monoisotopic (exact) mass is 178 g/mol. The second-order valence-electron chi connectivity index (χ2n) is 2.82. The van der Waals surface area contributed by atoms with Gasteiger partial charge in [-0.3, -0.25) is 4.79 Å². The molecule has 0 saturated heterocycles. The van der Waals surface area contributed by atoms with Crippen LogP contribution in [0.2, 0.25) is 0 Å². The van der Waals surface area contributed by atoms with Crippen LogP contribution in [-0.2, 0) is 4.79 Å². The highest BCUT2D eigenvalue weighted by molar-refractivity contribution is 6.02. The quantitative estimate of drug-likeness (QED) is 0.555. The minimum absolute atomic E-state index is 0.108. The lowest BCUT2D eigenvalue weighted by Crippen LogP contribution is -2.44. The van der Waals surface area contributed by atoms with E-state index in [4.69, 9.17) is 5.73 Å². The summed E-state index contributed by atoms with van der Waals surface area (Å²) in [5.74, 6) is 0.570. The van der Waals surface area contributed by atoms with Gasteiger partial charge in [0.2, 0.25) is 5.91 Å². The molecule has 68 valence electrons. The summed E-state index contributed by atoms with van der Waals surface area (Å²) in [4.78, 5) is 15.4. The van der Waals surface area contributed by atoms with E-state index in [0.717, 1.165) is 0 Å². The van der Waals surface area contributed by atoms with Crippen LogP contribution in [0, 0.1) is 0 Å². The molecule has 5 heteroatoms. The average molecular weight is 178 g/mol. The number of amides is 1. The smallest absolute Gasteiger partial charge is 0.248 e. The van der Waals surface area contributed by atoms with Gasteiger partial charge in [0.05, 0.1) is 5.69 Å². The number of rotatable bonds is 1. The topological polar surface area (TPSA) is 80.0 Å². The first-order chi connectivity index (χ1) is 6.31. The van der Waals surface area contributed by atoms with Gasteiger partial charge in [-0.1, -0.05) is 0 Å². The Morgan fingerprint density at radius 1 is 1.62 bits per heavy atom. The number of nitrogens with two attached hydrogens (primary N) is 1. The fourth-order valence-corrected chi connectivity index (χ4v) is 1.24. The number of pyridine rings is 1. The highest BCUT2D eigenvalue weighted by Gasteiger charge is 2.24. The lowest BCUT2D eigenvalue weighted by Gasteiger charge is -2.24. The van der Waals surface area contributed by atoms with Gasteiger partial charge in [-0.2, -0.15) is 0 Å². The molecule has 5 nitrogen and oxygen atoms in total. The number of nitrogens with one attached hydrogen (secondary N) is 2. The molecule has 0 radical (unpaired) electrons. The average Bonchev–Trinajstić information content (AvgIpc) is 2.17. The van der Waals surface area contributed by atoms with Crippen molar-refractivity contribution in [3.8, 4) is 0 Å². The molecule has 1 unspecified atom stereocenters. The third-order valence-electron chi connectivity index (χ3n) is 1.93. The van der Waals surface area contributed by atoms with Gasteiger partial charge in [0.15, 0.2) is 0 Å². The number of nitrogens with zero attached hydrogens (tertiary/aromatic N) is 1. The number of hydrogen-bond donors (Lipinski definition) is 3. The van der Waals surface area contributed by atoms with Gasteiger partial charge in [-0.05, 0) is 12.1 Å². The summed E-state index contributed by atoms with van der Waals surface area (Å²) in [6, 6.07) is 3.19. The van der Waals surface area contributed by atoms with E-state index in [0.29, 0.717) is 11.5 Å². The second-order valence-corrected chi connectivity index (χ2v) is 2.82. The Bertz CT molecular complexity index is 339. The highest BCUT2D eigenvalue weighted by atomic mass is 16.2. The molecule has 2 heterocycles. The molecular weight excluding hydrogens is 168 g/mol. The molecule has 4 N–H and O–H groups in total. The molecule has 1 amide bonds. The molecule has 1 aliphatic rings. The van der Waals surface area contributed by atoms with Crippen molar-refractivity contribution in [2.24, 2.45) is 5.73 Å². The summed E-state index contributed by atoms with van der Waals surface area (Å²) in [5, 5.41) is 5.67. The van der Waals surface area contributed by atoms with E-state index in [1.807, 2.05) is 0 Å². The highest BCUT2D eigenvalue weighted by Crippen LogP contribution is 2.22. The summed E-state index contributed by atoms with van der Waals surface area (Å²) in [6.07, 6.45) is 1.66. The van der Waals surface area contributed by atoms with Crippen LogP contribution in [0.25, 0.3) is 0 Å². The number of fused-ring (bicyclic) bond motifs is 1. The van der Waals surface area contributed by atoms with Crippen LogP contribution in [0.1, 0.15) is 0 Å². The molecule has 0 aromatic carbocycles. The first-order valence-electron chi connectivity index (χ1n) is 4.04. The summed E-state index contributed by atoms with van der Waals surface area (Å²) >= 11 is 0. The maximum Gasteiger partial charge on any atom is 0.248 e. The van der Waals surface area contributed by atoms with Gasteiger partial charge in [-0.25, -0.2) is 4.98 Å². The Labute approximate surface area is 75.3 Å². The van der Waals surface area contributed by atoms with Crippen molar-refractivity contribution in [2.75, 3.05) is 17.2 Å². The Kier molecular flexibility index (Phi) is 1.86. The van der Waals surface area contributed by atoms with Gasteiger partial charge in [0, 0.05) is 12.7 Å². The van der Waals surface area contributed by atoms with Gasteiger partial charge in [0.1, 0.15) is 11.9 Å². The normalized spacial score (nSPS) is 20.1. The van der Waals surface area contributed by atoms with E-state index in [9.17, 15) is 4.79 Å². The van der Waals surface area contributed by atoms with Crippen molar-refractivity contribution >= 4 is 17.4 Å². The van der Waals surface area contributed by atoms with Crippen molar-refractivity contribution in [3.05, 3.63) is 18.3 Å². The molecule has 1 aromatic heterocycles. The molecule has 0 saturated carbocycles. The van der Waals surface area contributed by atoms with E-state index in [1.54, 1.807) is 18.3 Å². The molecular formula is C8H10N4O. The summed E-state index contributed by atoms with van der Waals surface area (Å²) in [7, 11) is 0. The van der Waals surface area contributed by atoms with Crippen molar-refractivity contribution < 1.29 is 4.79 Å². The minimum atomic E-state index is -0.373. The maximum absolute atomic E-state index is 11.3. The Hall–Kier alpha value is -1.62. The minimum Gasteiger partial charge on any atom is -0.356 e. The maximum atomic E-state index is 11.3. The zero-order chi connectivity index (χ0) is 9.26. The van der Waals surface area contributed by atoms with Crippen LogP contribution >= 0.6 is 0 Å². The zero-order valence-corrected chi connectivity index (χ0v) is 6.95. The van der Waals surface area contributed by atoms with Crippen LogP contribution in [-0.4, -0.2) is 23.5 Å². The summed E-state index contributed by atoms with van der Waals surface area (Å²) < 4.78 is 0. The fraction of sp³-hybridized carbons (Fsp3) is 0.250. The van der Waals surface area contributed by atoms with E-state index in [2.05, 4.69) is 15.6 Å². The van der Waals surface area contributed by atoms with Crippen LogP contribution in [0.4, 0.5) is 11.5 Å². The van der Waals surface area contributed by atoms with Gasteiger partial charge >= 0.3 is 0 Å². The number of carbonyl (C=O) groups is 1. The summed E-state index contributed by atoms with van der Waals surface area (Å²) in [5.41, 5.74) is 6.11. The predicted octanol–water partition coefficient (Wildman–Crippen LogP) is -0.227. The molecule has 0 fully saturated rings. The first kappa shape index (κ1) is 8.00. The Balaban J connectivity index is 2.33. The molecule has 2 rings (SSSR count). The molecule has 1 aromatic rings. The molecule has 0 bridgehead atoms.